The van der Waals surface area contributed by atoms with Crippen LogP contribution in [-0.2, 0) is 11.3 Å². The van der Waals surface area contributed by atoms with Gasteiger partial charge in [-0.3, -0.25) is 0 Å². The van der Waals surface area contributed by atoms with Gasteiger partial charge in [0.1, 0.15) is 0 Å². The minimum atomic E-state index is 0.613. The van der Waals surface area contributed by atoms with Gasteiger partial charge in [0.2, 0.25) is 0 Å². The smallest absolute Gasteiger partial charge is 0.0462 e. The van der Waals surface area contributed by atoms with Gasteiger partial charge in [-0.1, -0.05) is 19.1 Å². The molecule has 0 saturated carbocycles. The first kappa shape index (κ1) is 15.0. The summed E-state index contributed by atoms with van der Waals surface area (Å²) in [5.41, 5.74) is 8.11. The maximum Gasteiger partial charge on any atom is 0.0462 e. The molecule has 0 aliphatic carbocycles. The van der Waals surface area contributed by atoms with E-state index in [2.05, 4.69) is 36.1 Å². The van der Waals surface area contributed by atoms with Gasteiger partial charge in [0.25, 0.3) is 0 Å². The van der Waals surface area contributed by atoms with Crippen molar-refractivity contribution in [2.24, 2.45) is 5.73 Å². The van der Waals surface area contributed by atoms with Crippen LogP contribution in [0.3, 0.4) is 0 Å². The lowest BCUT2D eigenvalue weighted by Crippen LogP contribution is -2.25. The average molecular weight is 250 g/mol. The first-order valence-electron chi connectivity index (χ1n) is 6.84. The Morgan fingerprint density at radius 2 is 1.83 bits per heavy atom. The Labute approximate surface area is 111 Å². The minimum absolute atomic E-state index is 0.613. The summed E-state index contributed by atoms with van der Waals surface area (Å²) in [6.45, 7) is 5.89. The van der Waals surface area contributed by atoms with E-state index in [0.717, 1.165) is 26.1 Å². The zero-order valence-corrected chi connectivity index (χ0v) is 11.7. The van der Waals surface area contributed by atoms with Crippen molar-refractivity contribution in [3.05, 3.63) is 29.8 Å². The van der Waals surface area contributed by atoms with Crippen LogP contribution in [0.1, 0.15) is 31.7 Å². The lowest BCUT2D eigenvalue weighted by Gasteiger charge is -2.24. The van der Waals surface area contributed by atoms with Crippen molar-refractivity contribution >= 4 is 5.69 Å². The van der Waals surface area contributed by atoms with E-state index in [1.54, 1.807) is 7.11 Å². The van der Waals surface area contributed by atoms with E-state index >= 15 is 0 Å². The van der Waals surface area contributed by atoms with Crippen molar-refractivity contribution in [3.8, 4) is 0 Å². The van der Waals surface area contributed by atoms with E-state index in [4.69, 9.17) is 10.5 Å². The number of nitrogens with zero attached hydrogens (tertiary/aromatic N) is 1. The number of rotatable bonds is 9. The van der Waals surface area contributed by atoms with E-state index in [0.29, 0.717) is 6.54 Å². The highest BCUT2D eigenvalue weighted by Crippen LogP contribution is 2.16. The Balaban J connectivity index is 2.53. The fraction of sp³-hybridized carbons (Fsp3) is 0.600. The number of benzene rings is 1. The van der Waals surface area contributed by atoms with Crippen LogP contribution in [0.4, 0.5) is 5.69 Å². The Morgan fingerprint density at radius 1 is 1.11 bits per heavy atom. The summed E-state index contributed by atoms with van der Waals surface area (Å²) >= 11 is 0. The van der Waals surface area contributed by atoms with Crippen LogP contribution in [0.25, 0.3) is 0 Å². The Hall–Kier alpha value is -1.06. The molecule has 3 heteroatoms. The molecule has 0 bridgehead atoms. The Morgan fingerprint density at radius 3 is 2.39 bits per heavy atom. The third-order valence-corrected chi connectivity index (χ3v) is 3.06. The van der Waals surface area contributed by atoms with Crippen molar-refractivity contribution in [1.29, 1.82) is 0 Å². The lowest BCUT2D eigenvalue weighted by atomic mass is 10.2. The molecule has 0 spiro atoms. The number of nitrogens with two attached hydrogens (primary N) is 1. The van der Waals surface area contributed by atoms with E-state index in [1.807, 2.05) is 0 Å². The summed E-state index contributed by atoms with van der Waals surface area (Å²) in [5, 5.41) is 0. The van der Waals surface area contributed by atoms with Gasteiger partial charge in [-0.25, -0.2) is 0 Å². The van der Waals surface area contributed by atoms with Gasteiger partial charge < -0.3 is 15.4 Å². The largest absolute Gasteiger partial charge is 0.385 e. The van der Waals surface area contributed by atoms with Crippen molar-refractivity contribution < 1.29 is 4.74 Å². The van der Waals surface area contributed by atoms with Crippen molar-refractivity contribution in [2.45, 2.75) is 32.7 Å². The van der Waals surface area contributed by atoms with Crippen LogP contribution in [0.5, 0.6) is 0 Å². The summed E-state index contributed by atoms with van der Waals surface area (Å²) < 4.78 is 5.09. The number of hydrogen-bond donors (Lipinski definition) is 1. The monoisotopic (exact) mass is 250 g/mol. The third-order valence-electron chi connectivity index (χ3n) is 3.06. The quantitative estimate of drug-likeness (QED) is 0.685. The minimum Gasteiger partial charge on any atom is -0.385 e. The number of ether oxygens (including phenoxy) is 1. The summed E-state index contributed by atoms with van der Waals surface area (Å²) in [4.78, 5) is 2.44. The number of unbranched alkanes of at least 4 members (excludes halogenated alkanes) is 1. The normalized spacial score (nSPS) is 10.6. The molecule has 1 aromatic carbocycles. The molecular weight excluding hydrogens is 224 g/mol. The first-order valence-corrected chi connectivity index (χ1v) is 6.84. The highest BCUT2D eigenvalue weighted by atomic mass is 16.5. The molecule has 0 aliphatic heterocycles. The van der Waals surface area contributed by atoms with Gasteiger partial charge in [-0.15, -0.1) is 0 Å². The van der Waals surface area contributed by atoms with E-state index in [-0.39, 0.29) is 0 Å². The molecule has 0 atom stereocenters. The molecule has 3 nitrogen and oxygen atoms in total. The van der Waals surface area contributed by atoms with Crippen LogP contribution < -0.4 is 10.6 Å². The second-order valence-electron chi connectivity index (χ2n) is 4.56. The summed E-state index contributed by atoms with van der Waals surface area (Å²) in [6.07, 6.45) is 3.47. The van der Waals surface area contributed by atoms with E-state index in [1.165, 1.54) is 24.1 Å². The topological polar surface area (TPSA) is 38.5 Å². The van der Waals surface area contributed by atoms with E-state index < -0.39 is 0 Å². The number of hydrogen-bond acceptors (Lipinski definition) is 3. The number of anilines is 1. The fourth-order valence-corrected chi connectivity index (χ4v) is 2.03. The van der Waals surface area contributed by atoms with Gasteiger partial charge in [0.05, 0.1) is 0 Å². The van der Waals surface area contributed by atoms with Gasteiger partial charge in [0.15, 0.2) is 0 Å². The van der Waals surface area contributed by atoms with Crippen LogP contribution in [0.2, 0.25) is 0 Å². The average Bonchev–Trinajstić information content (AvgIpc) is 2.42. The molecule has 1 rings (SSSR count). The maximum absolute atomic E-state index is 5.62. The van der Waals surface area contributed by atoms with Gasteiger partial charge in [-0.2, -0.15) is 0 Å². The summed E-state index contributed by atoms with van der Waals surface area (Å²) in [6, 6.07) is 8.59. The highest BCUT2D eigenvalue weighted by Gasteiger charge is 2.04. The molecule has 0 amide bonds. The molecule has 0 fully saturated rings. The molecule has 0 saturated heterocycles. The molecule has 0 aromatic heterocycles. The Kier molecular flexibility index (Phi) is 7.46. The standard InChI is InChI=1S/C15H26N2O/c1-3-10-17(11-4-5-12-18-2)15-8-6-14(13-16)7-9-15/h6-9H,3-5,10-13,16H2,1-2H3. The first-order chi connectivity index (χ1) is 8.81. The molecule has 0 heterocycles. The Bertz CT molecular complexity index is 311. The van der Waals surface area contributed by atoms with Crippen LogP contribution in [-0.4, -0.2) is 26.8 Å². The molecule has 1 aromatic rings. The predicted molar refractivity (Wildman–Crippen MR) is 77.9 cm³/mol. The fourth-order valence-electron chi connectivity index (χ4n) is 2.03. The highest BCUT2D eigenvalue weighted by molar-refractivity contribution is 5.47. The molecule has 0 aliphatic rings. The summed E-state index contributed by atoms with van der Waals surface area (Å²) in [5.74, 6) is 0. The van der Waals surface area contributed by atoms with Crippen LogP contribution in [0, 0.1) is 0 Å². The lowest BCUT2D eigenvalue weighted by molar-refractivity contribution is 0.193. The molecule has 0 radical (unpaired) electrons. The summed E-state index contributed by atoms with van der Waals surface area (Å²) in [7, 11) is 1.76. The van der Waals surface area contributed by atoms with Gasteiger partial charge in [0, 0.05) is 39.0 Å². The molecule has 0 unspecified atom stereocenters. The molecule has 18 heavy (non-hydrogen) atoms. The van der Waals surface area contributed by atoms with E-state index in [9.17, 15) is 0 Å². The van der Waals surface area contributed by atoms with Gasteiger partial charge >= 0.3 is 0 Å². The predicted octanol–water partition coefficient (Wildman–Crippen LogP) is 2.79. The van der Waals surface area contributed by atoms with Crippen molar-refractivity contribution in [2.75, 3.05) is 31.7 Å². The SMILES string of the molecule is CCCN(CCCCOC)c1ccc(CN)cc1. The van der Waals surface area contributed by atoms with Crippen molar-refractivity contribution in [3.63, 3.8) is 0 Å². The second kappa shape index (κ2) is 8.95. The third kappa shape index (κ3) is 5.07. The second-order valence-corrected chi connectivity index (χ2v) is 4.56. The molecule has 102 valence electrons. The van der Waals surface area contributed by atoms with Crippen LogP contribution in [0.15, 0.2) is 24.3 Å². The zero-order valence-electron chi connectivity index (χ0n) is 11.7. The zero-order chi connectivity index (χ0) is 13.2. The van der Waals surface area contributed by atoms with Gasteiger partial charge in [-0.05, 0) is 37.0 Å². The van der Waals surface area contributed by atoms with Crippen LogP contribution >= 0.6 is 0 Å². The number of methoxy groups -OCH3 is 1. The molecule has 2 N–H and O–H groups in total. The maximum atomic E-state index is 5.62. The molecular formula is C15H26N2O. The van der Waals surface area contributed by atoms with Crippen molar-refractivity contribution in [1.82, 2.24) is 0 Å².